The predicted molar refractivity (Wildman–Crippen MR) is 107 cm³/mol. The summed E-state index contributed by atoms with van der Waals surface area (Å²) >= 11 is 1.11. The second-order valence-corrected chi connectivity index (χ2v) is 7.28. The first-order valence-electron chi connectivity index (χ1n) is 8.83. The zero-order valence-electron chi connectivity index (χ0n) is 15.8. The third-order valence-electron chi connectivity index (χ3n) is 4.32. The molecule has 3 rings (SSSR count). The molecule has 4 N–H and O–H groups in total. The molecule has 1 atom stereocenters. The monoisotopic (exact) mass is 430 g/mol. The Morgan fingerprint density at radius 1 is 1.23 bits per heavy atom. The summed E-state index contributed by atoms with van der Waals surface area (Å²) in [6.45, 7) is 1.18. The Balaban J connectivity index is 1.69. The molecule has 11 heteroatoms. The first-order chi connectivity index (χ1) is 14.3. The maximum Gasteiger partial charge on any atom is 0.339 e. The average Bonchev–Trinajstić information content (AvgIpc) is 3.30. The number of hydrogen-bond acceptors (Lipinski definition) is 7. The Morgan fingerprint density at radius 3 is 2.63 bits per heavy atom. The third kappa shape index (κ3) is 4.46. The van der Waals surface area contributed by atoms with Gasteiger partial charge in [-0.25, -0.2) is 9.59 Å². The van der Waals surface area contributed by atoms with Gasteiger partial charge in [0.15, 0.2) is 6.10 Å². The summed E-state index contributed by atoms with van der Waals surface area (Å²) in [6, 6.07) is 7.25. The van der Waals surface area contributed by atoms with Crippen LogP contribution in [-0.4, -0.2) is 47.3 Å². The van der Waals surface area contributed by atoms with Gasteiger partial charge in [-0.1, -0.05) is 18.2 Å². The molecule has 1 saturated heterocycles. The van der Waals surface area contributed by atoms with E-state index in [0.717, 1.165) is 16.2 Å². The number of primary amides is 1. The molecule has 0 radical (unpaired) electrons. The number of nitrogens with two attached hydrogens (primary N) is 1. The molecule has 2 heterocycles. The topological polar surface area (TPSA) is 148 Å². The summed E-state index contributed by atoms with van der Waals surface area (Å²) in [5.74, 6) is -2.52. The Hall–Kier alpha value is -3.73. The Labute approximate surface area is 175 Å². The SMILES string of the molecule is C[C@H](OC(=O)c1ccccc1CN1C(=O)CNC1=O)C(=O)Nc1sccc1C(N)=O. The van der Waals surface area contributed by atoms with Crippen LogP contribution in [0.15, 0.2) is 35.7 Å². The number of amides is 5. The van der Waals surface area contributed by atoms with E-state index in [1.54, 1.807) is 23.6 Å². The normalized spacial score (nSPS) is 14.2. The zero-order valence-corrected chi connectivity index (χ0v) is 16.7. The van der Waals surface area contributed by atoms with Crippen LogP contribution in [0.25, 0.3) is 0 Å². The van der Waals surface area contributed by atoms with Gasteiger partial charge in [0, 0.05) is 0 Å². The van der Waals surface area contributed by atoms with Crippen molar-refractivity contribution < 1.29 is 28.7 Å². The van der Waals surface area contributed by atoms with E-state index >= 15 is 0 Å². The summed E-state index contributed by atoms with van der Waals surface area (Å²) < 4.78 is 5.24. The molecule has 0 unspecified atom stereocenters. The molecule has 156 valence electrons. The fourth-order valence-electron chi connectivity index (χ4n) is 2.73. The van der Waals surface area contributed by atoms with Gasteiger partial charge in [-0.2, -0.15) is 0 Å². The van der Waals surface area contributed by atoms with Crippen molar-refractivity contribution in [3.05, 3.63) is 52.4 Å². The van der Waals surface area contributed by atoms with Gasteiger partial charge < -0.3 is 21.1 Å². The largest absolute Gasteiger partial charge is 0.449 e. The van der Waals surface area contributed by atoms with E-state index in [1.165, 1.54) is 19.1 Å². The van der Waals surface area contributed by atoms with Crippen LogP contribution in [-0.2, 0) is 20.9 Å². The minimum Gasteiger partial charge on any atom is -0.449 e. The summed E-state index contributed by atoms with van der Waals surface area (Å²) in [5, 5.41) is 6.77. The van der Waals surface area contributed by atoms with Crippen LogP contribution in [0.3, 0.4) is 0 Å². The molecule has 5 amide bonds. The lowest BCUT2D eigenvalue weighted by Gasteiger charge is -2.17. The number of carbonyl (C=O) groups excluding carboxylic acids is 5. The van der Waals surface area contributed by atoms with E-state index in [2.05, 4.69) is 10.6 Å². The van der Waals surface area contributed by atoms with Gasteiger partial charge >= 0.3 is 12.0 Å². The number of ether oxygens (including phenoxy) is 1. The molecule has 2 aromatic rings. The van der Waals surface area contributed by atoms with E-state index < -0.39 is 35.8 Å². The van der Waals surface area contributed by atoms with Crippen LogP contribution in [0.1, 0.15) is 33.2 Å². The molecular weight excluding hydrogens is 412 g/mol. The van der Waals surface area contributed by atoms with Gasteiger partial charge in [-0.3, -0.25) is 19.3 Å². The number of anilines is 1. The first kappa shape index (κ1) is 21.0. The standard InChI is InChI=1S/C19H18N4O6S/c1-10(16(26)22-17-13(15(20)25)6-7-30-17)29-18(27)12-5-3-2-4-11(12)9-23-14(24)8-21-19(23)28/h2-7,10H,8-9H2,1H3,(H2,20,25)(H,21,28)(H,22,26)/t10-/m0/s1. The highest BCUT2D eigenvalue weighted by molar-refractivity contribution is 7.14. The molecular formula is C19H18N4O6S. The van der Waals surface area contributed by atoms with Gasteiger partial charge in [0.1, 0.15) is 5.00 Å². The van der Waals surface area contributed by atoms with Crippen molar-refractivity contribution in [2.24, 2.45) is 5.73 Å². The van der Waals surface area contributed by atoms with Crippen molar-refractivity contribution in [2.75, 3.05) is 11.9 Å². The highest BCUT2D eigenvalue weighted by atomic mass is 32.1. The summed E-state index contributed by atoms with van der Waals surface area (Å²) in [6.07, 6.45) is -1.18. The highest BCUT2D eigenvalue weighted by Crippen LogP contribution is 2.23. The summed E-state index contributed by atoms with van der Waals surface area (Å²) in [7, 11) is 0. The van der Waals surface area contributed by atoms with Crippen molar-refractivity contribution in [3.63, 3.8) is 0 Å². The predicted octanol–water partition coefficient (Wildman–Crippen LogP) is 1.08. The zero-order chi connectivity index (χ0) is 21.8. The summed E-state index contributed by atoms with van der Waals surface area (Å²) in [5.41, 5.74) is 5.93. The van der Waals surface area contributed by atoms with E-state index in [0.29, 0.717) is 5.56 Å². The lowest BCUT2D eigenvalue weighted by atomic mass is 10.1. The molecule has 1 aliphatic heterocycles. The molecule has 0 aliphatic carbocycles. The number of imide groups is 1. The fraction of sp³-hybridized carbons (Fsp3) is 0.211. The minimum absolute atomic E-state index is 0.0985. The molecule has 1 aromatic carbocycles. The van der Waals surface area contributed by atoms with Gasteiger partial charge in [0.2, 0.25) is 5.91 Å². The smallest absolute Gasteiger partial charge is 0.339 e. The van der Waals surface area contributed by atoms with Crippen LogP contribution in [0.2, 0.25) is 0 Å². The Kier molecular flexibility index (Phi) is 6.11. The average molecular weight is 430 g/mol. The Bertz CT molecular complexity index is 1020. The van der Waals surface area contributed by atoms with Gasteiger partial charge in [-0.05, 0) is 30.0 Å². The van der Waals surface area contributed by atoms with Crippen LogP contribution >= 0.6 is 11.3 Å². The number of esters is 1. The molecule has 0 saturated carbocycles. The summed E-state index contributed by atoms with van der Waals surface area (Å²) in [4.78, 5) is 60.9. The number of carbonyl (C=O) groups is 5. The maximum absolute atomic E-state index is 12.6. The van der Waals surface area contributed by atoms with Crippen LogP contribution in [0, 0.1) is 0 Å². The van der Waals surface area contributed by atoms with E-state index in [-0.39, 0.29) is 29.2 Å². The quantitative estimate of drug-likeness (QED) is 0.442. The molecule has 0 spiro atoms. The van der Waals surface area contributed by atoms with Crippen LogP contribution < -0.4 is 16.4 Å². The van der Waals surface area contributed by atoms with Crippen molar-refractivity contribution in [1.82, 2.24) is 10.2 Å². The third-order valence-corrected chi connectivity index (χ3v) is 5.15. The van der Waals surface area contributed by atoms with Crippen molar-refractivity contribution in [1.29, 1.82) is 0 Å². The minimum atomic E-state index is -1.18. The first-order valence-corrected chi connectivity index (χ1v) is 9.71. The van der Waals surface area contributed by atoms with Crippen molar-refractivity contribution in [3.8, 4) is 0 Å². The van der Waals surface area contributed by atoms with Crippen LogP contribution in [0.4, 0.5) is 9.80 Å². The maximum atomic E-state index is 12.6. The fourth-order valence-corrected chi connectivity index (χ4v) is 3.53. The number of nitrogens with one attached hydrogen (secondary N) is 2. The van der Waals surface area contributed by atoms with Crippen molar-refractivity contribution in [2.45, 2.75) is 19.6 Å². The van der Waals surface area contributed by atoms with Gasteiger partial charge in [0.05, 0.1) is 24.2 Å². The van der Waals surface area contributed by atoms with Gasteiger partial charge in [0.25, 0.3) is 11.8 Å². The number of rotatable bonds is 7. The molecule has 0 bridgehead atoms. The van der Waals surface area contributed by atoms with Crippen molar-refractivity contribution >= 4 is 46.1 Å². The molecule has 10 nitrogen and oxygen atoms in total. The molecule has 1 aliphatic rings. The molecule has 30 heavy (non-hydrogen) atoms. The van der Waals surface area contributed by atoms with E-state index in [4.69, 9.17) is 10.5 Å². The number of thiophene rings is 1. The lowest BCUT2D eigenvalue weighted by molar-refractivity contribution is -0.125. The number of hydrogen-bond donors (Lipinski definition) is 3. The highest BCUT2D eigenvalue weighted by Gasteiger charge is 2.30. The molecule has 1 aromatic heterocycles. The number of nitrogens with zero attached hydrogens (tertiary/aromatic N) is 1. The second kappa shape index (κ2) is 8.74. The lowest BCUT2D eigenvalue weighted by Crippen LogP contribution is -2.32. The van der Waals surface area contributed by atoms with Crippen LogP contribution in [0.5, 0.6) is 0 Å². The van der Waals surface area contributed by atoms with E-state index in [9.17, 15) is 24.0 Å². The van der Waals surface area contributed by atoms with E-state index in [1.807, 2.05) is 0 Å². The second-order valence-electron chi connectivity index (χ2n) is 6.36. The molecule has 1 fully saturated rings. The Morgan fingerprint density at radius 2 is 1.97 bits per heavy atom. The van der Waals surface area contributed by atoms with Gasteiger partial charge in [-0.15, -0.1) is 11.3 Å². The number of urea groups is 1. The number of benzene rings is 1.